The zero-order valence-corrected chi connectivity index (χ0v) is 12.3. The molecule has 0 radical (unpaired) electrons. The first-order valence-electron chi connectivity index (χ1n) is 7.08. The minimum atomic E-state index is -4.47. The van der Waals surface area contributed by atoms with Crippen molar-refractivity contribution in [2.24, 2.45) is 0 Å². The Morgan fingerprint density at radius 2 is 2.22 bits per heavy atom. The van der Waals surface area contributed by atoms with Gasteiger partial charge in [0.15, 0.2) is 5.82 Å². The van der Waals surface area contributed by atoms with Gasteiger partial charge in [0.25, 0.3) is 0 Å². The molecule has 0 unspecified atom stereocenters. The van der Waals surface area contributed by atoms with Crippen LogP contribution in [-0.2, 0) is 12.7 Å². The predicted molar refractivity (Wildman–Crippen MR) is 72.0 cm³/mol. The van der Waals surface area contributed by atoms with E-state index in [-0.39, 0.29) is 18.8 Å². The van der Waals surface area contributed by atoms with Crippen molar-refractivity contribution < 1.29 is 22.8 Å². The number of aromatic nitrogens is 3. The number of aliphatic hydroxyl groups is 1. The second-order valence-electron chi connectivity index (χ2n) is 5.51. The van der Waals surface area contributed by atoms with Crippen molar-refractivity contribution in [1.29, 1.82) is 0 Å². The molecule has 1 aliphatic rings. The maximum atomic E-state index is 13.1. The van der Waals surface area contributed by atoms with Crippen molar-refractivity contribution in [2.75, 3.05) is 6.54 Å². The van der Waals surface area contributed by atoms with Crippen molar-refractivity contribution >= 4 is 0 Å². The zero-order chi connectivity index (χ0) is 16.6. The van der Waals surface area contributed by atoms with Crippen molar-refractivity contribution in [2.45, 2.75) is 38.2 Å². The van der Waals surface area contributed by atoms with Gasteiger partial charge in [-0.2, -0.15) is 18.2 Å². The molecule has 1 N–H and O–H groups in total. The maximum absolute atomic E-state index is 13.1. The van der Waals surface area contributed by atoms with Gasteiger partial charge in [0.2, 0.25) is 5.89 Å². The Balaban J connectivity index is 1.87. The Kier molecular flexibility index (Phi) is 4.07. The Morgan fingerprint density at radius 1 is 1.43 bits per heavy atom. The van der Waals surface area contributed by atoms with E-state index in [0.29, 0.717) is 18.1 Å². The molecule has 2 aromatic rings. The lowest BCUT2D eigenvalue weighted by atomic mass is 10.1. The molecule has 0 saturated carbocycles. The van der Waals surface area contributed by atoms with Crippen LogP contribution in [0.3, 0.4) is 0 Å². The van der Waals surface area contributed by atoms with E-state index in [9.17, 15) is 18.3 Å². The van der Waals surface area contributed by atoms with Crippen molar-refractivity contribution in [3.05, 3.63) is 41.3 Å². The van der Waals surface area contributed by atoms with Crippen LogP contribution in [-0.4, -0.2) is 37.8 Å². The van der Waals surface area contributed by atoms with Crippen molar-refractivity contribution in [1.82, 2.24) is 20.0 Å². The number of pyridine rings is 1. The van der Waals surface area contributed by atoms with E-state index < -0.39 is 23.9 Å². The van der Waals surface area contributed by atoms with Gasteiger partial charge in [-0.15, -0.1) is 0 Å². The fraction of sp³-hybridized carbons (Fsp3) is 0.500. The summed E-state index contributed by atoms with van der Waals surface area (Å²) < 4.78 is 44.3. The fourth-order valence-electron chi connectivity index (χ4n) is 2.77. The van der Waals surface area contributed by atoms with Gasteiger partial charge >= 0.3 is 6.18 Å². The summed E-state index contributed by atoms with van der Waals surface area (Å²) >= 11 is 0. The number of hydrogen-bond donors (Lipinski definition) is 1. The highest BCUT2D eigenvalue weighted by molar-refractivity contribution is 5.23. The van der Waals surface area contributed by atoms with Crippen LogP contribution in [0.15, 0.2) is 22.9 Å². The molecular formula is C14H15F3N4O2. The zero-order valence-electron chi connectivity index (χ0n) is 12.3. The van der Waals surface area contributed by atoms with Crippen LogP contribution in [0, 0.1) is 6.92 Å². The number of alkyl halides is 3. The summed E-state index contributed by atoms with van der Waals surface area (Å²) in [5.41, 5.74) is -0.864. The van der Waals surface area contributed by atoms with Crippen LogP contribution in [0.5, 0.6) is 0 Å². The molecule has 0 bridgehead atoms. The molecule has 2 aromatic heterocycles. The molecule has 1 fully saturated rings. The highest BCUT2D eigenvalue weighted by Gasteiger charge is 2.39. The van der Waals surface area contributed by atoms with E-state index in [2.05, 4.69) is 15.1 Å². The van der Waals surface area contributed by atoms with E-state index >= 15 is 0 Å². The first kappa shape index (κ1) is 15.9. The van der Waals surface area contributed by atoms with Crippen LogP contribution in [0.2, 0.25) is 0 Å². The molecule has 0 aliphatic carbocycles. The Labute approximate surface area is 129 Å². The molecule has 6 nitrogen and oxygen atoms in total. The van der Waals surface area contributed by atoms with E-state index in [1.54, 1.807) is 11.8 Å². The summed E-state index contributed by atoms with van der Waals surface area (Å²) in [6, 6.07) is 1.83. The normalized spacial score (nSPS) is 22.7. The average Bonchev–Trinajstić information content (AvgIpc) is 3.04. The maximum Gasteiger partial charge on any atom is 0.418 e. The second-order valence-corrected chi connectivity index (χ2v) is 5.51. The topological polar surface area (TPSA) is 75.3 Å². The molecule has 0 aromatic carbocycles. The smallest absolute Gasteiger partial charge is 0.392 e. The highest BCUT2D eigenvalue weighted by atomic mass is 19.4. The minimum Gasteiger partial charge on any atom is -0.392 e. The lowest BCUT2D eigenvalue weighted by molar-refractivity contribution is -0.138. The molecule has 3 rings (SSSR count). The van der Waals surface area contributed by atoms with Gasteiger partial charge < -0.3 is 9.63 Å². The number of hydrogen-bond acceptors (Lipinski definition) is 6. The SMILES string of the molecule is Cc1noc([C@H]2C[C@@H](O)CN2Cc2ncccc2C(F)(F)F)n1. The fourth-order valence-corrected chi connectivity index (χ4v) is 2.77. The second kappa shape index (κ2) is 5.89. The molecule has 3 heterocycles. The lowest BCUT2D eigenvalue weighted by Crippen LogP contribution is -2.26. The average molecular weight is 328 g/mol. The third-order valence-electron chi connectivity index (χ3n) is 3.76. The summed E-state index contributed by atoms with van der Waals surface area (Å²) in [6.45, 7) is 1.82. The number of nitrogens with zero attached hydrogens (tertiary/aromatic N) is 4. The number of β-amino-alcohol motifs (C(OH)–C–C–N with tert-alkyl or cyclic N) is 1. The number of likely N-dealkylation sites (tertiary alicyclic amines) is 1. The third kappa shape index (κ3) is 3.35. The van der Waals surface area contributed by atoms with Gasteiger partial charge in [-0.1, -0.05) is 5.16 Å². The number of rotatable bonds is 3. The quantitative estimate of drug-likeness (QED) is 0.930. The first-order valence-corrected chi connectivity index (χ1v) is 7.08. The molecule has 124 valence electrons. The van der Waals surface area contributed by atoms with E-state index in [1.165, 1.54) is 12.3 Å². The monoisotopic (exact) mass is 328 g/mol. The summed E-state index contributed by atoms with van der Waals surface area (Å²) in [4.78, 5) is 9.65. The van der Waals surface area contributed by atoms with Crippen LogP contribution in [0.4, 0.5) is 13.2 Å². The number of aryl methyl sites for hydroxylation is 1. The van der Waals surface area contributed by atoms with Crippen molar-refractivity contribution in [3.63, 3.8) is 0 Å². The van der Waals surface area contributed by atoms with E-state index in [1.807, 2.05) is 0 Å². The first-order chi connectivity index (χ1) is 10.8. The summed E-state index contributed by atoms with van der Waals surface area (Å²) in [5.74, 6) is 0.735. The van der Waals surface area contributed by atoms with Crippen LogP contribution < -0.4 is 0 Å². The van der Waals surface area contributed by atoms with Gasteiger partial charge in [-0.3, -0.25) is 9.88 Å². The largest absolute Gasteiger partial charge is 0.418 e. The van der Waals surface area contributed by atoms with Crippen LogP contribution >= 0.6 is 0 Å². The van der Waals surface area contributed by atoms with Crippen LogP contribution in [0.1, 0.15) is 35.4 Å². The summed E-state index contributed by atoms with van der Waals surface area (Å²) in [5, 5.41) is 13.6. The number of halogens is 3. The number of aliphatic hydroxyl groups excluding tert-OH is 1. The van der Waals surface area contributed by atoms with E-state index in [4.69, 9.17) is 4.52 Å². The van der Waals surface area contributed by atoms with Crippen LogP contribution in [0.25, 0.3) is 0 Å². The molecule has 0 amide bonds. The minimum absolute atomic E-state index is 0.0567. The van der Waals surface area contributed by atoms with Crippen molar-refractivity contribution in [3.8, 4) is 0 Å². The molecule has 1 saturated heterocycles. The van der Waals surface area contributed by atoms with Gasteiger partial charge in [-0.25, -0.2) is 0 Å². The highest BCUT2D eigenvalue weighted by Crippen LogP contribution is 2.35. The lowest BCUT2D eigenvalue weighted by Gasteiger charge is -2.22. The van der Waals surface area contributed by atoms with Gasteiger partial charge in [-0.05, 0) is 25.5 Å². The Hall–Kier alpha value is -2.00. The molecule has 0 spiro atoms. The molecule has 2 atom stereocenters. The molecule has 9 heteroatoms. The molecule has 1 aliphatic heterocycles. The molecule has 23 heavy (non-hydrogen) atoms. The predicted octanol–water partition coefficient (Wildman–Crippen LogP) is 2.10. The third-order valence-corrected chi connectivity index (χ3v) is 3.76. The van der Waals surface area contributed by atoms with E-state index in [0.717, 1.165) is 6.07 Å². The summed E-state index contributed by atoms with van der Waals surface area (Å²) in [7, 11) is 0. The molecular weight excluding hydrogens is 313 g/mol. The Bertz CT molecular complexity index is 689. The standard InChI is InChI=1S/C14H15F3N4O2/c1-8-19-13(23-20-8)12-5-9(22)6-21(12)7-11-10(14(15,16)17)3-2-4-18-11/h2-4,9,12,22H,5-7H2,1H3/t9-,12-/m1/s1. The Morgan fingerprint density at radius 3 is 2.87 bits per heavy atom. The van der Waals surface area contributed by atoms with Gasteiger partial charge in [0, 0.05) is 19.3 Å². The van der Waals surface area contributed by atoms with Gasteiger partial charge in [0.05, 0.1) is 23.4 Å². The summed E-state index contributed by atoms with van der Waals surface area (Å²) in [6.07, 6.45) is -3.48. The van der Waals surface area contributed by atoms with Gasteiger partial charge in [0.1, 0.15) is 0 Å².